The molecule has 1 unspecified atom stereocenters. The zero-order chi connectivity index (χ0) is 11.5. The number of rotatable bonds is 2. The predicted molar refractivity (Wildman–Crippen MR) is 71.0 cm³/mol. The Balaban J connectivity index is 2.38. The largest absolute Gasteiger partial charge is 0.398 e. The number of benzene rings is 1. The molecular formula is C15H21N. The number of anilines is 1. The van der Waals surface area contributed by atoms with Gasteiger partial charge in [0.2, 0.25) is 0 Å². The average Bonchev–Trinajstić information content (AvgIpc) is 2.29. The number of allylic oxidation sites excluding steroid dienone is 2. The van der Waals surface area contributed by atoms with E-state index in [4.69, 9.17) is 5.73 Å². The Labute approximate surface area is 98.4 Å². The monoisotopic (exact) mass is 215 g/mol. The summed E-state index contributed by atoms with van der Waals surface area (Å²) >= 11 is 0. The lowest BCUT2D eigenvalue weighted by Gasteiger charge is -2.28. The van der Waals surface area contributed by atoms with Crippen molar-refractivity contribution in [3.05, 3.63) is 35.9 Å². The van der Waals surface area contributed by atoms with Gasteiger partial charge in [-0.25, -0.2) is 0 Å². The maximum atomic E-state index is 6.07. The van der Waals surface area contributed by atoms with Crippen LogP contribution in [0.1, 0.15) is 38.7 Å². The van der Waals surface area contributed by atoms with E-state index in [9.17, 15) is 0 Å². The summed E-state index contributed by atoms with van der Waals surface area (Å²) in [6.07, 6.45) is 6.21. The molecule has 1 aliphatic carbocycles. The molecule has 0 aromatic heterocycles. The highest BCUT2D eigenvalue weighted by Gasteiger charge is 2.22. The van der Waals surface area contributed by atoms with Crippen LogP contribution in [0.5, 0.6) is 0 Å². The Morgan fingerprint density at radius 3 is 2.69 bits per heavy atom. The van der Waals surface area contributed by atoms with Crippen LogP contribution in [0.3, 0.4) is 0 Å². The third-order valence-electron chi connectivity index (χ3n) is 3.56. The van der Waals surface area contributed by atoms with E-state index in [1.165, 1.54) is 30.4 Å². The standard InChI is InChI=1S/C15H21N/c1-11(2)12-7-3-4-8-13(12)14-9-5-6-10-15(14)16/h5-6,8-12H,3-4,7,16H2,1-2H3. The third kappa shape index (κ3) is 2.13. The summed E-state index contributed by atoms with van der Waals surface area (Å²) in [5.74, 6) is 1.38. The van der Waals surface area contributed by atoms with E-state index in [-0.39, 0.29) is 0 Å². The Hall–Kier alpha value is -1.24. The van der Waals surface area contributed by atoms with Gasteiger partial charge in [-0.15, -0.1) is 0 Å². The van der Waals surface area contributed by atoms with Gasteiger partial charge in [0.25, 0.3) is 0 Å². The van der Waals surface area contributed by atoms with Crippen molar-refractivity contribution in [3.8, 4) is 0 Å². The van der Waals surface area contributed by atoms with Gasteiger partial charge in [-0.05, 0) is 42.7 Å². The van der Waals surface area contributed by atoms with Crippen molar-refractivity contribution >= 4 is 11.3 Å². The fourth-order valence-electron chi connectivity index (χ4n) is 2.66. The van der Waals surface area contributed by atoms with E-state index < -0.39 is 0 Å². The molecule has 2 rings (SSSR count). The lowest BCUT2D eigenvalue weighted by atomic mass is 9.77. The van der Waals surface area contributed by atoms with Crippen LogP contribution in [0.4, 0.5) is 5.69 Å². The lowest BCUT2D eigenvalue weighted by molar-refractivity contribution is 0.427. The van der Waals surface area contributed by atoms with Crippen molar-refractivity contribution in [2.45, 2.75) is 33.1 Å². The molecule has 1 nitrogen and oxygen atoms in total. The Morgan fingerprint density at radius 2 is 2.00 bits per heavy atom. The quantitative estimate of drug-likeness (QED) is 0.738. The molecule has 1 aromatic rings. The molecule has 1 heteroatoms. The summed E-state index contributed by atoms with van der Waals surface area (Å²) < 4.78 is 0. The molecule has 0 heterocycles. The maximum absolute atomic E-state index is 6.07. The van der Waals surface area contributed by atoms with Crippen LogP contribution in [0.2, 0.25) is 0 Å². The van der Waals surface area contributed by atoms with Gasteiger partial charge in [0.1, 0.15) is 0 Å². The zero-order valence-corrected chi connectivity index (χ0v) is 10.2. The molecule has 0 aliphatic heterocycles. The van der Waals surface area contributed by atoms with E-state index in [1.807, 2.05) is 12.1 Å². The highest BCUT2D eigenvalue weighted by atomic mass is 14.6. The van der Waals surface area contributed by atoms with Gasteiger partial charge < -0.3 is 5.73 Å². The zero-order valence-electron chi connectivity index (χ0n) is 10.2. The molecule has 1 aliphatic rings. The Morgan fingerprint density at radius 1 is 1.25 bits per heavy atom. The van der Waals surface area contributed by atoms with Gasteiger partial charge in [-0.2, -0.15) is 0 Å². The Bertz CT molecular complexity index is 390. The van der Waals surface area contributed by atoms with Gasteiger partial charge in [-0.3, -0.25) is 0 Å². The number of hydrogen-bond acceptors (Lipinski definition) is 1. The summed E-state index contributed by atoms with van der Waals surface area (Å²) in [7, 11) is 0. The average molecular weight is 215 g/mol. The van der Waals surface area contributed by atoms with Crippen molar-refractivity contribution in [1.82, 2.24) is 0 Å². The molecule has 1 atom stereocenters. The molecule has 0 saturated carbocycles. The molecule has 0 saturated heterocycles. The minimum atomic E-state index is 0.679. The summed E-state index contributed by atoms with van der Waals surface area (Å²) in [6.45, 7) is 4.62. The number of para-hydroxylation sites is 1. The SMILES string of the molecule is CC(C)C1CCCC=C1c1ccccc1N. The van der Waals surface area contributed by atoms with E-state index >= 15 is 0 Å². The molecular weight excluding hydrogens is 194 g/mol. The number of hydrogen-bond donors (Lipinski definition) is 1. The molecule has 0 amide bonds. The second-order valence-corrected chi connectivity index (χ2v) is 5.03. The summed E-state index contributed by atoms with van der Waals surface area (Å²) in [4.78, 5) is 0. The van der Waals surface area contributed by atoms with Crippen LogP contribution >= 0.6 is 0 Å². The summed E-state index contributed by atoms with van der Waals surface area (Å²) in [6, 6.07) is 8.25. The highest BCUT2D eigenvalue weighted by molar-refractivity contribution is 5.76. The van der Waals surface area contributed by atoms with Gasteiger partial charge >= 0.3 is 0 Å². The van der Waals surface area contributed by atoms with E-state index in [0.717, 1.165) is 5.69 Å². The predicted octanol–water partition coefficient (Wildman–Crippen LogP) is 4.11. The first-order valence-electron chi connectivity index (χ1n) is 6.25. The van der Waals surface area contributed by atoms with Crippen LogP contribution in [0.15, 0.2) is 30.3 Å². The van der Waals surface area contributed by atoms with Crippen molar-refractivity contribution < 1.29 is 0 Å². The van der Waals surface area contributed by atoms with Crippen molar-refractivity contribution in [2.75, 3.05) is 5.73 Å². The minimum absolute atomic E-state index is 0.679. The second-order valence-electron chi connectivity index (χ2n) is 5.03. The first-order chi connectivity index (χ1) is 7.70. The van der Waals surface area contributed by atoms with Gasteiger partial charge in [-0.1, -0.05) is 38.1 Å². The third-order valence-corrected chi connectivity index (χ3v) is 3.56. The smallest absolute Gasteiger partial charge is 0.0390 e. The van der Waals surface area contributed by atoms with Gasteiger partial charge in [0.05, 0.1) is 0 Å². The number of nitrogens with two attached hydrogens (primary N) is 1. The minimum Gasteiger partial charge on any atom is -0.398 e. The fourth-order valence-corrected chi connectivity index (χ4v) is 2.66. The molecule has 0 radical (unpaired) electrons. The van der Waals surface area contributed by atoms with E-state index in [2.05, 4.69) is 32.1 Å². The molecule has 0 spiro atoms. The van der Waals surface area contributed by atoms with E-state index in [0.29, 0.717) is 11.8 Å². The summed E-state index contributed by atoms with van der Waals surface area (Å²) in [5, 5.41) is 0. The normalized spacial score (nSPS) is 20.9. The van der Waals surface area contributed by atoms with Gasteiger partial charge in [0, 0.05) is 11.3 Å². The van der Waals surface area contributed by atoms with Crippen LogP contribution in [0, 0.1) is 11.8 Å². The molecule has 1 aromatic carbocycles. The Kier molecular flexibility index (Phi) is 3.33. The molecule has 0 fully saturated rings. The van der Waals surface area contributed by atoms with Crippen molar-refractivity contribution in [2.24, 2.45) is 11.8 Å². The maximum Gasteiger partial charge on any atom is 0.0390 e. The van der Waals surface area contributed by atoms with Crippen LogP contribution in [0.25, 0.3) is 5.57 Å². The van der Waals surface area contributed by atoms with Crippen LogP contribution in [-0.2, 0) is 0 Å². The van der Waals surface area contributed by atoms with E-state index in [1.54, 1.807) is 0 Å². The van der Waals surface area contributed by atoms with Crippen LogP contribution in [-0.4, -0.2) is 0 Å². The molecule has 2 N–H and O–H groups in total. The second kappa shape index (κ2) is 4.73. The van der Waals surface area contributed by atoms with Crippen molar-refractivity contribution in [3.63, 3.8) is 0 Å². The number of nitrogen functional groups attached to an aromatic ring is 1. The summed E-state index contributed by atoms with van der Waals surface area (Å²) in [5.41, 5.74) is 9.71. The fraction of sp³-hybridized carbons (Fsp3) is 0.467. The van der Waals surface area contributed by atoms with Crippen LogP contribution < -0.4 is 5.73 Å². The topological polar surface area (TPSA) is 26.0 Å². The van der Waals surface area contributed by atoms with Crippen molar-refractivity contribution in [1.29, 1.82) is 0 Å². The highest BCUT2D eigenvalue weighted by Crippen LogP contribution is 2.38. The lowest BCUT2D eigenvalue weighted by Crippen LogP contribution is -2.15. The van der Waals surface area contributed by atoms with Gasteiger partial charge in [0.15, 0.2) is 0 Å². The first kappa shape index (κ1) is 11.3. The molecule has 0 bridgehead atoms. The molecule has 86 valence electrons. The first-order valence-corrected chi connectivity index (χ1v) is 6.25. The molecule has 16 heavy (non-hydrogen) atoms.